The predicted molar refractivity (Wildman–Crippen MR) is 85.4 cm³/mol. The Morgan fingerprint density at radius 3 is 2.80 bits per heavy atom. The second-order valence-corrected chi connectivity index (χ2v) is 7.00. The molecule has 0 aliphatic heterocycles. The molecule has 104 valence electrons. The van der Waals surface area contributed by atoms with Crippen molar-refractivity contribution in [2.75, 3.05) is 0 Å². The van der Waals surface area contributed by atoms with E-state index in [9.17, 15) is 0 Å². The van der Waals surface area contributed by atoms with Crippen LogP contribution in [0, 0.1) is 0 Å². The van der Waals surface area contributed by atoms with E-state index in [-0.39, 0.29) is 11.4 Å². The molecule has 0 spiro atoms. The molecular formula is C13H12BrClN4S. The fraction of sp³-hybridized carbons (Fsp3) is 0.308. The average molecular weight is 372 g/mol. The number of pyridine rings is 1. The second-order valence-electron chi connectivity index (χ2n) is 4.50. The van der Waals surface area contributed by atoms with Crippen LogP contribution in [0.5, 0.6) is 0 Å². The summed E-state index contributed by atoms with van der Waals surface area (Å²) in [4.78, 5) is 13.5. The maximum atomic E-state index is 6.29. The average Bonchev–Trinajstić information content (AvgIpc) is 3.04. The van der Waals surface area contributed by atoms with Crippen LogP contribution in [0.1, 0.15) is 36.1 Å². The number of rotatable bonds is 3. The van der Waals surface area contributed by atoms with E-state index in [1.165, 1.54) is 0 Å². The van der Waals surface area contributed by atoms with E-state index in [4.69, 9.17) is 11.6 Å². The van der Waals surface area contributed by atoms with Gasteiger partial charge in [0.2, 0.25) is 0 Å². The number of nitrogens with zero attached hydrogens (tertiary/aromatic N) is 4. The van der Waals surface area contributed by atoms with Gasteiger partial charge in [0.05, 0.1) is 11.4 Å². The number of alkyl halides is 1. The molecule has 0 aromatic carbocycles. The summed E-state index contributed by atoms with van der Waals surface area (Å²) in [7, 11) is 0. The fourth-order valence-corrected chi connectivity index (χ4v) is 3.35. The highest BCUT2D eigenvalue weighted by atomic mass is 79.9. The highest BCUT2D eigenvalue weighted by Crippen LogP contribution is 2.31. The number of imidazole rings is 1. The number of aromatic nitrogens is 4. The first-order chi connectivity index (χ1) is 9.58. The van der Waals surface area contributed by atoms with Gasteiger partial charge < -0.3 is 4.57 Å². The van der Waals surface area contributed by atoms with E-state index in [1.54, 1.807) is 17.5 Å². The van der Waals surface area contributed by atoms with Gasteiger partial charge in [0.1, 0.15) is 16.3 Å². The number of halogens is 2. The van der Waals surface area contributed by atoms with Crippen molar-refractivity contribution >= 4 is 50.0 Å². The first-order valence-electron chi connectivity index (χ1n) is 6.14. The smallest absolute Gasteiger partial charge is 0.160 e. The van der Waals surface area contributed by atoms with E-state index < -0.39 is 0 Å². The fourth-order valence-electron chi connectivity index (χ4n) is 2.19. The van der Waals surface area contributed by atoms with Gasteiger partial charge >= 0.3 is 0 Å². The lowest BCUT2D eigenvalue weighted by atomic mass is 10.3. The topological polar surface area (TPSA) is 43.6 Å². The lowest BCUT2D eigenvalue weighted by Crippen LogP contribution is -2.11. The highest BCUT2D eigenvalue weighted by molar-refractivity contribution is 9.10. The summed E-state index contributed by atoms with van der Waals surface area (Å²) in [5, 5.41) is 2.80. The van der Waals surface area contributed by atoms with Crippen LogP contribution >= 0.6 is 38.9 Å². The minimum Gasteiger partial charge on any atom is -0.302 e. The van der Waals surface area contributed by atoms with Crippen LogP contribution in [0.2, 0.25) is 0 Å². The van der Waals surface area contributed by atoms with Crippen LogP contribution in [0.25, 0.3) is 11.2 Å². The molecule has 0 aliphatic carbocycles. The zero-order valence-electron chi connectivity index (χ0n) is 10.9. The van der Waals surface area contributed by atoms with Crippen LogP contribution < -0.4 is 0 Å². The van der Waals surface area contributed by atoms with Crippen molar-refractivity contribution in [3.05, 3.63) is 39.1 Å². The molecule has 0 amide bonds. The number of hydrogen-bond acceptors (Lipinski definition) is 4. The van der Waals surface area contributed by atoms with E-state index in [0.29, 0.717) is 0 Å². The van der Waals surface area contributed by atoms with E-state index in [2.05, 4.69) is 42.4 Å². The molecule has 0 saturated heterocycles. The number of hydrogen-bond donors (Lipinski definition) is 0. The molecule has 0 N–H and O–H groups in total. The Hall–Kier alpha value is -0.980. The molecule has 2 atom stereocenters. The van der Waals surface area contributed by atoms with Gasteiger partial charge in [0, 0.05) is 22.2 Å². The highest BCUT2D eigenvalue weighted by Gasteiger charge is 2.22. The normalized spacial score (nSPS) is 14.6. The lowest BCUT2D eigenvalue weighted by Gasteiger charge is -2.15. The van der Waals surface area contributed by atoms with Gasteiger partial charge in [0.15, 0.2) is 5.65 Å². The first kappa shape index (κ1) is 14.0. The lowest BCUT2D eigenvalue weighted by molar-refractivity contribution is 0.610. The molecule has 2 unspecified atom stereocenters. The van der Waals surface area contributed by atoms with Crippen LogP contribution in [-0.4, -0.2) is 19.5 Å². The molecule has 0 bridgehead atoms. The predicted octanol–water partition coefficient (Wildman–Crippen LogP) is 4.56. The Morgan fingerprint density at radius 2 is 2.15 bits per heavy atom. The minimum absolute atomic E-state index is 0.0601. The van der Waals surface area contributed by atoms with Crippen LogP contribution in [-0.2, 0) is 0 Å². The zero-order valence-corrected chi connectivity index (χ0v) is 14.1. The van der Waals surface area contributed by atoms with Crippen LogP contribution in [0.15, 0.2) is 28.3 Å². The summed E-state index contributed by atoms with van der Waals surface area (Å²) in [6.07, 6.45) is 3.58. The Labute approximate surface area is 134 Å². The Balaban J connectivity index is 2.24. The first-order valence-corrected chi connectivity index (χ1v) is 8.25. The van der Waals surface area contributed by atoms with E-state index >= 15 is 0 Å². The molecule has 3 aromatic rings. The van der Waals surface area contributed by atoms with Gasteiger partial charge in [-0.2, -0.15) is 0 Å². The van der Waals surface area contributed by atoms with Crippen molar-refractivity contribution in [1.82, 2.24) is 19.5 Å². The maximum Gasteiger partial charge on any atom is 0.160 e. The van der Waals surface area contributed by atoms with Crippen LogP contribution in [0.3, 0.4) is 0 Å². The zero-order chi connectivity index (χ0) is 14.3. The monoisotopic (exact) mass is 370 g/mol. The van der Waals surface area contributed by atoms with Crippen molar-refractivity contribution < 1.29 is 0 Å². The third-order valence-electron chi connectivity index (χ3n) is 3.08. The minimum atomic E-state index is -0.189. The SMILES string of the molecule is CC(Cl)c1nc2cc(Br)cnc2n1C(C)c1nccs1. The molecular weight excluding hydrogens is 360 g/mol. The molecule has 0 radical (unpaired) electrons. The third kappa shape index (κ3) is 2.36. The molecule has 0 saturated carbocycles. The Morgan fingerprint density at radius 1 is 1.35 bits per heavy atom. The Kier molecular flexibility index (Phi) is 3.79. The van der Waals surface area contributed by atoms with Crippen LogP contribution in [0.4, 0.5) is 0 Å². The van der Waals surface area contributed by atoms with Gasteiger partial charge in [-0.15, -0.1) is 22.9 Å². The van der Waals surface area contributed by atoms with Gasteiger partial charge in [-0.1, -0.05) is 0 Å². The van der Waals surface area contributed by atoms with Gasteiger partial charge in [0.25, 0.3) is 0 Å². The van der Waals surface area contributed by atoms with Gasteiger partial charge in [-0.05, 0) is 35.8 Å². The molecule has 20 heavy (non-hydrogen) atoms. The molecule has 0 aliphatic rings. The standard InChI is InChI=1S/C13H12BrClN4S/c1-7(15)11-18-10-5-9(14)6-17-12(10)19(11)8(2)13-16-3-4-20-13/h3-8H,1-2H3. The number of fused-ring (bicyclic) bond motifs is 1. The summed E-state index contributed by atoms with van der Waals surface area (Å²) < 4.78 is 2.98. The quantitative estimate of drug-likeness (QED) is 0.634. The molecule has 4 nitrogen and oxygen atoms in total. The van der Waals surface area contributed by atoms with Gasteiger partial charge in [-0.3, -0.25) is 0 Å². The Bertz CT molecular complexity index is 738. The molecule has 0 fully saturated rings. The summed E-state index contributed by atoms with van der Waals surface area (Å²) in [6.45, 7) is 4.01. The largest absolute Gasteiger partial charge is 0.302 e. The third-order valence-corrected chi connectivity index (χ3v) is 4.65. The van der Waals surface area contributed by atoms with E-state index in [0.717, 1.165) is 26.5 Å². The van der Waals surface area contributed by atoms with E-state index in [1.807, 2.05) is 24.6 Å². The van der Waals surface area contributed by atoms with Crippen molar-refractivity contribution in [3.8, 4) is 0 Å². The second kappa shape index (κ2) is 5.42. The van der Waals surface area contributed by atoms with Gasteiger partial charge in [-0.25, -0.2) is 15.0 Å². The maximum absolute atomic E-state index is 6.29. The molecule has 7 heteroatoms. The van der Waals surface area contributed by atoms with Crippen molar-refractivity contribution in [2.45, 2.75) is 25.3 Å². The summed E-state index contributed by atoms with van der Waals surface area (Å²) in [5.74, 6) is 0.815. The van der Waals surface area contributed by atoms with Crippen molar-refractivity contribution in [1.29, 1.82) is 0 Å². The summed E-state index contributed by atoms with van der Waals surface area (Å²) >= 11 is 11.3. The molecule has 3 aromatic heterocycles. The van der Waals surface area contributed by atoms with Crippen molar-refractivity contribution in [3.63, 3.8) is 0 Å². The molecule has 3 heterocycles. The summed E-state index contributed by atoms with van der Waals surface area (Å²) in [5.41, 5.74) is 1.67. The number of thiazole rings is 1. The van der Waals surface area contributed by atoms with Crippen molar-refractivity contribution in [2.24, 2.45) is 0 Å². The molecule has 3 rings (SSSR count). The summed E-state index contributed by atoms with van der Waals surface area (Å²) in [6, 6.07) is 2.01.